The largest absolute Gasteiger partial charge is 0.486 e. The van der Waals surface area contributed by atoms with Crippen LogP contribution in [0.15, 0.2) is 29.6 Å². The van der Waals surface area contributed by atoms with E-state index in [0.717, 1.165) is 42.9 Å². The van der Waals surface area contributed by atoms with E-state index < -0.39 is 0 Å². The first kappa shape index (κ1) is 23.7. The highest BCUT2D eigenvalue weighted by molar-refractivity contribution is 7.09. The van der Waals surface area contributed by atoms with Gasteiger partial charge in [-0.25, -0.2) is 4.98 Å². The van der Waals surface area contributed by atoms with Gasteiger partial charge in [0.05, 0.1) is 0 Å². The number of hydrogen-bond acceptors (Lipinski definition) is 5. The first-order valence-corrected chi connectivity index (χ1v) is 13.2. The van der Waals surface area contributed by atoms with E-state index in [-0.39, 0.29) is 23.9 Å². The van der Waals surface area contributed by atoms with Gasteiger partial charge < -0.3 is 15.4 Å². The quantitative estimate of drug-likeness (QED) is 0.532. The fourth-order valence-corrected chi connectivity index (χ4v) is 5.58. The number of thiazole rings is 1. The Hall–Kier alpha value is -2.41. The Kier molecular flexibility index (Phi) is 8.37. The first-order valence-electron chi connectivity index (χ1n) is 12.3. The molecule has 0 bridgehead atoms. The number of carbonyl (C=O) groups is 2. The van der Waals surface area contributed by atoms with E-state index in [9.17, 15) is 9.59 Å². The molecule has 0 spiro atoms. The molecule has 0 aliphatic heterocycles. The molecule has 2 fully saturated rings. The Labute approximate surface area is 200 Å². The lowest BCUT2D eigenvalue weighted by atomic mass is 9.90. The highest BCUT2D eigenvalue weighted by atomic mass is 32.1. The van der Waals surface area contributed by atoms with E-state index in [1.165, 1.54) is 42.6 Å². The van der Waals surface area contributed by atoms with Crippen molar-refractivity contribution in [1.82, 2.24) is 15.6 Å². The van der Waals surface area contributed by atoms with E-state index in [2.05, 4.69) is 15.6 Å². The van der Waals surface area contributed by atoms with Gasteiger partial charge in [-0.15, -0.1) is 11.3 Å². The van der Waals surface area contributed by atoms with Crippen LogP contribution in [0.3, 0.4) is 0 Å². The standard InChI is InChI=1S/C26H35N3O3S/c1-18-10-13-20(14-11-18)32-16-25-28-23(17-33-25)26(31)29-22-9-5-4-8-21(22)27-24(30)15-12-19-6-2-3-7-19/h10-11,13-14,17,19,21-22H,2-9,12,15-16H2,1H3,(H,27,30)(H,29,31). The van der Waals surface area contributed by atoms with Crippen LogP contribution in [-0.2, 0) is 11.4 Å². The predicted molar refractivity (Wildman–Crippen MR) is 130 cm³/mol. The number of nitrogens with zero attached hydrogens (tertiary/aromatic N) is 1. The minimum atomic E-state index is -0.176. The average Bonchev–Trinajstić information content (AvgIpc) is 3.51. The molecule has 4 rings (SSSR count). The zero-order chi connectivity index (χ0) is 23.0. The molecule has 6 nitrogen and oxygen atoms in total. The summed E-state index contributed by atoms with van der Waals surface area (Å²) < 4.78 is 5.78. The lowest BCUT2D eigenvalue weighted by Crippen LogP contribution is -2.53. The summed E-state index contributed by atoms with van der Waals surface area (Å²) in [6.45, 7) is 2.37. The molecule has 2 amide bonds. The molecule has 33 heavy (non-hydrogen) atoms. The maximum Gasteiger partial charge on any atom is 0.271 e. The van der Waals surface area contributed by atoms with E-state index in [1.54, 1.807) is 5.38 Å². The number of nitrogens with one attached hydrogen (secondary N) is 2. The molecule has 7 heteroatoms. The van der Waals surface area contributed by atoms with Crippen LogP contribution in [0.4, 0.5) is 0 Å². The Morgan fingerprint density at radius 2 is 1.67 bits per heavy atom. The molecule has 2 saturated carbocycles. The Morgan fingerprint density at radius 1 is 1.00 bits per heavy atom. The maximum absolute atomic E-state index is 12.8. The number of benzene rings is 1. The highest BCUT2D eigenvalue weighted by Gasteiger charge is 2.29. The second-order valence-corrected chi connectivity index (χ2v) is 10.4. The number of carbonyl (C=O) groups excluding carboxylic acids is 2. The van der Waals surface area contributed by atoms with Gasteiger partial charge in [0.15, 0.2) is 0 Å². The van der Waals surface area contributed by atoms with Gasteiger partial charge in [-0.05, 0) is 44.2 Å². The summed E-state index contributed by atoms with van der Waals surface area (Å²) >= 11 is 1.43. The molecule has 0 saturated heterocycles. The number of hydrogen-bond donors (Lipinski definition) is 2. The molecular formula is C26H35N3O3S. The molecule has 2 unspecified atom stereocenters. The van der Waals surface area contributed by atoms with Crippen molar-refractivity contribution in [3.05, 3.63) is 45.9 Å². The lowest BCUT2D eigenvalue weighted by molar-refractivity contribution is -0.122. The minimum Gasteiger partial charge on any atom is -0.486 e. The average molecular weight is 470 g/mol. The number of aryl methyl sites for hydroxylation is 1. The van der Waals surface area contributed by atoms with Gasteiger partial charge in [0.1, 0.15) is 23.1 Å². The fraction of sp³-hybridized carbons (Fsp3) is 0.577. The van der Waals surface area contributed by atoms with Gasteiger partial charge in [0.2, 0.25) is 5.91 Å². The van der Waals surface area contributed by atoms with Gasteiger partial charge >= 0.3 is 0 Å². The molecule has 2 aliphatic rings. The smallest absolute Gasteiger partial charge is 0.271 e. The van der Waals surface area contributed by atoms with Crippen LogP contribution in [0.1, 0.15) is 85.3 Å². The summed E-state index contributed by atoms with van der Waals surface area (Å²) in [6.07, 6.45) is 10.7. The van der Waals surface area contributed by atoms with Crippen molar-refractivity contribution in [3.8, 4) is 5.75 Å². The molecule has 2 aliphatic carbocycles. The van der Waals surface area contributed by atoms with Gasteiger partial charge in [0.25, 0.3) is 5.91 Å². The third-order valence-corrected chi connectivity index (χ3v) is 7.67. The summed E-state index contributed by atoms with van der Waals surface area (Å²) in [6, 6.07) is 7.83. The van der Waals surface area contributed by atoms with Crippen molar-refractivity contribution >= 4 is 23.2 Å². The van der Waals surface area contributed by atoms with Crippen molar-refractivity contribution in [2.24, 2.45) is 5.92 Å². The van der Waals surface area contributed by atoms with E-state index in [4.69, 9.17) is 4.74 Å². The first-order chi connectivity index (χ1) is 16.1. The van der Waals surface area contributed by atoms with Crippen LogP contribution in [0.25, 0.3) is 0 Å². The van der Waals surface area contributed by atoms with E-state index in [1.807, 2.05) is 31.2 Å². The van der Waals surface area contributed by atoms with Crippen molar-refractivity contribution < 1.29 is 14.3 Å². The van der Waals surface area contributed by atoms with Gasteiger partial charge in [0, 0.05) is 23.9 Å². The summed E-state index contributed by atoms with van der Waals surface area (Å²) in [5, 5.41) is 8.88. The predicted octanol–water partition coefficient (Wildman–Crippen LogP) is 5.16. The van der Waals surface area contributed by atoms with Gasteiger partial charge in [-0.3, -0.25) is 9.59 Å². The van der Waals surface area contributed by atoms with Crippen molar-refractivity contribution in [3.63, 3.8) is 0 Å². The maximum atomic E-state index is 12.8. The summed E-state index contributed by atoms with van der Waals surface area (Å²) in [7, 11) is 0. The van der Waals surface area contributed by atoms with Crippen LogP contribution in [0.5, 0.6) is 5.75 Å². The van der Waals surface area contributed by atoms with Crippen LogP contribution >= 0.6 is 11.3 Å². The highest BCUT2D eigenvalue weighted by Crippen LogP contribution is 2.28. The Morgan fingerprint density at radius 3 is 2.39 bits per heavy atom. The molecule has 1 aromatic heterocycles. The van der Waals surface area contributed by atoms with E-state index in [0.29, 0.717) is 24.6 Å². The minimum absolute atomic E-state index is 0.00162. The van der Waals surface area contributed by atoms with Crippen molar-refractivity contribution in [2.45, 2.75) is 89.8 Å². The SMILES string of the molecule is Cc1ccc(OCc2nc(C(=O)NC3CCCCC3NC(=O)CCC3CCCC3)cs2)cc1. The molecule has 0 radical (unpaired) electrons. The molecule has 1 heterocycles. The summed E-state index contributed by atoms with van der Waals surface area (Å²) in [5.74, 6) is 1.45. The number of aromatic nitrogens is 1. The molecule has 178 valence electrons. The topological polar surface area (TPSA) is 80.3 Å². The van der Waals surface area contributed by atoms with Crippen LogP contribution in [0.2, 0.25) is 0 Å². The number of rotatable bonds is 9. The number of ether oxygens (including phenoxy) is 1. The third kappa shape index (κ3) is 7.03. The fourth-order valence-electron chi connectivity index (χ4n) is 4.89. The second-order valence-electron chi connectivity index (χ2n) is 9.46. The van der Waals surface area contributed by atoms with Crippen LogP contribution in [-0.4, -0.2) is 28.9 Å². The summed E-state index contributed by atoms with van der Waals surface area (Å²) in [4.78, 5) is 29.8. The monoisotopic (exact) mass is 469 g/mol. The Bertz CT molecular complexity index is 921. The zero-order valence-electron chi connectivity index (χ0n) is 19.5. The molecule has 1 aromatic carbocycles. The van der Waals surface area contributed by atoms with Gasteiger partial charge in [-0.1, -0.05) is 56.2 Å². The molecule has 2 atom stereocenters. The van der Waals surface area contributed by atoms with Crippen LogP contribution < -0.4 is 15.4 Å². The van der Waals surface area contributed by atoms with Gasteiger partial charge in [-0.2, -0.15) is 0 Å². The van der Waals surface area contributed by atoms with Crippen molar-refractivity contribution in [2.75, 3.05) is 0 Å². The number of amides is 2. The molecular weight excluding hydrogens is 434 g/mol. The summed E-state index contributed by atoms with van der Waals surface area (Å²) in [5.41, 5.74) is 1.60. The normalized spacial score (nSPS) is 21.0. The zero-order valence-corrected chi connectivity index (χ0v) is 20.3. The van der Waals surface area contributed by atoms with Crippen LogP contribution in [0, 0.1) is 12.8 Å². The third-order valence-electron chi connectivity index (χ3n) is 6.85. The molecule has 2 N–H and O–H groups in total. The Balaban J connectivity index is 1.26. The van der Waals surface area contributed by atoms with E-state index >= 15 is 0 Å². The van der Waals surface area contributed by atoms with Crippen molar-refractivity contribution in [1.29, 1.82) is 0 Å². The lowest BCUT2D eigenvalue weighted by Gasteiger charge is -2.32. The molecule has 2 aromatic rings. The second kappa shape index (κ2) is 11.6.